The molecule has 0 aliphatic carbocycles. The van der Waals surface area contributed by atoms with Crippen LogP contribution in [0.2, 0.25) is 0 Å². The first-order valence-corrected chi connectivity index (χ1v) is 8.86. The summed E-state index contributed by atoms with van der Waals surface area (Å²) in [5, 5.41) is 8.90. The second-order valence-corrected chi connectivity index (χ2v) is 6.60. The van der Waals surface area contributed by atoms with Crippen molar-refractivity contribution >= 4 is 5.97 Å². The zero-order valence-electron chi connectivity index (χ0n) is 15.2. The lowest BCUT2D eigenvalue weighted by atomic mass is 10.1. The molecule has 1 atom stereocenters. The highest BCUT2D eigenvalue weighted by Crippen LogP contribution is 2.24. The normalized spacial score (nSPS) is 18.9. The lowest BCUT2D eigenvalue weighted by Gasteiger charge is -2.25. The van der Waals surface area contributed by atoms with Gasteiger partial charge in [0.05, 0.1) is 6.54 Å². The van der Waals surface area contributed by atoms with Crippen molar-refractivity contribution in [1.82, 2.24) is 9.80 Å². The van der Waals surface area contributed by atoms with Gasteiger partial charge in [-0.05, 0) is 63.7 Å². The van der Waals surface area contributed by atoms with E-state index in [1.165, 1.54) is 24.3 Å². The number of carboxylic acids is 1. The quantitative estimate of drug-likeness (QED) is 0.737. The van der Waals surface area contributed by atoms with Gasteiger partial charge in [-0.15, -0.1) is 13.2 Å². The third-order valence-electron chi connectivity index (χ3n) is 4.53. The van der Waals surface area contributed by atoms with Crippen LogP contribution in [0.1, 0.15) is 19.3 Å². The van der Waals surface area contributed by atoms with E-state index in [-0.39, 0.29) is 18.3 Å². The summed E-state index contributed by atoms with van der Waals surface area (Å²) >= 11 is 0. The molecule has 0 aromatic heterocycles. The number of carbonyl (C=O) groups is 1. The lowest BCUT2D eigenvalue weighted by Crippen LogP contribution is -2.37. The van der Waals surface area contributed by atoms with Crippen LogP contribution in [0, 0.1) is 0 Å². The smallest absolute Gasteiger partial charge is 0.492 e. The van der Waals surface area contributed by atoms with Crippen LogP contribution in [-0.4, -0.2) is 73.1 Å². The van der Waals surface area contributed by atoms with E-state index < -0.39 is 12.3 Å². The molecule has 6 nitrogen and oxygen atoms in total. The predicted molar refractivity (Wildman–Crippen MR) is 93.0 cm³/mol. The van der Waals surface area contributed by atoms with Crippen LogP contribution in [0.3, 0.4) is 0 Å². The van der Waals surface area contributed by atoms with Crippen molar-refractivity contribution in [1.29, 1.82) is 0 Å². The molecule has 1 unspecified atom stereocenters. The molecular formula is C18H25F3N2O4. The van der Waals surface area contributed by atoms with Gasteiger partial charge in [0.1, 0.15) is 18.1 Å². The van der Waals surface area contributed by atoms with Crippen molar-refractivity contribution in [2.24, 2.45) is 0 Å². The van der Waals surface area contributed by atoms with Crippen LogP contribution < -0.4 is 9.47 Å². The molecule has 9 heteroatoms. The van der Waals surface area contributed by atoms with Crippen molar-refractivity contribution < 1.29 is 32.5 Å². The van der Waals surface area contributed by atoms with Crippen LogP contribution in [-0.2, 0) is 4.79 Å². The van der Waals surface area contributed by atoms with E-state index in [2.05, 4.69) is 9.64 Å². The van der Waals surface area contributed by atoms with Crippen molar-refractivity contribution in [2.45, 2.75) is 31.7 Å². The number of aliphatic carboxylic acids is 1. The molecular weight excluding hydrogens is 365 g/mol. The number of hydrogen-bond donors (Lipinski definition) is 1. The number of alkyl halides is 3. The molecule has 1 heterocycles. The van der Waals surface area contributed by atoms with E-state index in [1.54, 1.807) is 0 Å². The third-order valence-corrected chi connectivity index (χ3v) is 4.53. The average Bonchev–Trinajstić information content (AvgIpc) is 2.80. The fraction of sp³-hybridized carbons (Fsp3) is 0.611. The molecule has 0 amide bonds. The molecule has 1 aliphatic rings. The van der Waals surface area contributed by atoms with E-state index in [1.807, 2.05) is 11.9 Å². The molecule has 0 spiro atoms. The summed E-state index contributed by atoms with van der Waals surface area (Å²) < 4.78 is 45.8. The summed E-state index contributed by atoms with van der Waals surface area (Å²) in [6, 6.07) is 5.59. The molecule has 1 aromatic carbocycles. The Kier molecular flexibility index (Phi) is 7.73. The lowest BCUT2D eigenvalue weighted by molar-refractivity contribution is -0.274. The van der Waals surface area contributed by atoms with Gasteiger partial charge in [0.25, 0.3) is 0 Å². The van der Waals surface area contributed by atoms with Gasteiger partial charge < -0.3 is 14.6 Å². The summed E-state index contributed by atoms with van der Waals surface area (Å²) in [5.41, 5.74) is 0. The highest BCUT2D eigenvalue weighted by atomic mass is 19.4. The highest BCUT2D eigenvalue weighted by Gasteiger charge is 2.31. The van der Waals surface area contributed by atoms with Gasteiger partial charge in [0.15, 0.2) is 0 Å². The largest absolute Gasteiger partial charge is 0.573 e. The van der Waals surface area contributed by atoms with Crippen LogP contribution in [0.15, 0.2) is 24.3 Å². The molecule has 152 valence electrons. The first kappa shape index (κ1) is 21.3. The van der Waals surface area contributed by atoms with Crippen molar-refractivity contribution in [3.05, 3.63) is 24.3 Å². The van der Waals surface area contributed by atoms with E-state index in [4.69, 9.17) is 9.84 Å². The average molecular weight is 390 g/mol. The predicted octanol–water partition coefficient (Wildman–Crippen LogP) is 2.83. The Bertz CT molecular complexity index is 595. The minimum Gasteiger partial charge on any atom is -0.492 e. The van der Waals surface area contributed by atoms with Crippen molar-refractivity contribution in [2.75, 3.05) is 39.8 Å². The van der Waals surface area contributed by atoms with Gasteiger partial charge >= 0.3 is 12.3 Å². The molecule has 1 saturated heterocycles. The van der Waals surface area contributed by atoms with Crippen molar-refractivity contribution in [3.63, 3.8) is 0 Å². The first-order valence-electron chi connectivity index (χ1n) is 8.86. The summed E-state index contributed by atoms with van der Waals surface area (Å²) in [6.07, 6.45) is -1.86. The van der Waals surface area contributed by atoms with E-state index in [0.717, 1.165) is 32.4 Å². The van der Waals surface area contributed by atoms with Gasteiger partial charge in [-0.2, -0.15) is 0 Å². The summed E-state index contributed by atoms with van der Waals surface area (Å²) in [6.45, 7) is 2.95. The highest BCUT2D eigenvalue weighted by molar-refractivity contribution is 5.69. The molecule has 2 rings (SSSR count). The molecule has 0 saturated carbocycles. The Labute approximate surface area is 156 Å². The minimum absolute atomic E-state index is 0.0435. The fourth-order valence-electron chi connectivity index (χ4n) is 3.18. The number of likely N-dealkylation sites (N-methyl/N-ethyl adjacent to an activating group) is 1. The van der Waals surface area contributed by atoms with Crippen LogP contribution in [0.5, 0.6) is 11.5 Å². The zero-order valence-corrected chi connectivity index (χ0v) is 15.2. The van der Waals surface area contributed by atoms with E-state index in [0.29, 0.717) is 18.9 Å². The Morgan fingerprint density at radius 2 is 1.89 bits per heavy atom. The monoisotopic (exact) mass is 390 g/mol. The van der Waals surface area contributed by atoms with E-state index in [9.17, 15) is 18.0 Å². The topological polar surface area (TPSA) is 62.2 Å². The molecule has 27 heavy (non-hydrogen) atoms. The first-order chi connectivity index (χ1) is 12.7. The SMILES string of the molecule is CN(CC(=O)O)C1CCCN(CCOc2ccc(OC(F)(F)F)cc2)CC1. The number of ether oxygens (including phenoxy) is 2. The van der Waals surface area contributed by atoms with E-state index >= 15 is 0 Å². The van der Waals surface area contributed by atoms with Crippen LogP contribution in [0.25, 0.3) is 0 Å². The van der Waals surface area contributed by atoms with Gasteiger partial charge in [-0.1, -0.05) is 0 Å². The maximum atomic E-state index is 12.1. The van der Waals surface area contributed by atoms with Crippen molar-refractivity contribution in [3.8, 4) is 11.5 Å². The fourth-order valence-corrected chi connectivity index (χ4v) is 3.18. The zero-order chi connectivity index (χ0) is 19.9. The Morgan fingerprint density at radius 3 is 2.52 bits per heavy atom. The van der Waals surface area contributed by atoms with Crippen LogP contribution in [0.4, 0.5) is 13.2 Å². The maximum absolute atomic E-state index is 12.1. The number of carboxylic acid groups (broad SMARTS) is 1. The third kappa shape index (κ3) is 8.04. The Hall–Kier alpha value is -2.00. The number of rotatable bonds is 8. The number of benzene rings is 1. The second kappa shape index (κ2) is 9.80. The van der Waals surface area contributed by atoms with Gasteiger partial charge in [0.2, 0.25) is 0 Å². The number of likely N-dealkylation sites (tertiary alicyclic amines) is 1. The summed E-state index contributed by atoms with van der Waals surface area (Å²) in [7, 11) is 1.84. The number of hydrogen-bond acceptors (Lipinski definition) is 5. The standard InChI is InChI=1S/C18H25F3N2O4/c1-22(13-17(24)25)14-3-2-9-23(10-8-14)11-12-26-15-4-6-16(7-5-15)27-18(19,20)21/h4-7,14H,2-3,8-13H2,1H3,(H,24,25). The molecule has 1 aliphatic heterocycles. The molecule has 0 bridgehead atoms. The second-order valence-electron chi connectivity index (χ2n) is 6.60. The Morgan fingerprint density at radius 1 is 1.22 bits per heavy atom. The van der Waals surface area contributed by atoms with Crippen LogP contribution >= 0.6 is 0 Å². The molecule has 0 radical (unpaired) electrons. The number of nitrogens with zero attached hydrogens (tertiary/aromatic N) is 2. The number of halogens is 3. The summed E-state index contributed by atoms with van der Waals surface area (Å²) in [5.74, 6) is -0.615. The maximum Gasteiger partial charge on any atom is 0.573 e. The minimum atomic E-state index is -4.70. The molecule has 1 N–H and O–H groups in total. The van der Waals surface area contributed by atoms with Gasteiger partial charge in [0, 0.05) is 12.6 Å². The summed E-state index contributed by atoms with van der Waals surface area (Å²) in [4.78, 5) is 15.0. The van der Waals surface area contributed by atoms with Gasteiger partial charge in [-0.25, -0.2) is 0 Å². The molecule has 1 fully saturated rings. The van der Waals surface area contributed by atoms with Gasteiger partial charge in [-0.3, -0.25) is 14.6 Å². The Balaban J connectivity index is 1.72. The molecule has 1 aromatic rings.